The molecule has 1 aliphatic heterocycles. The highest BCUT2D eigenvalue weighted by Crippen LogP contribution is 2.45. The van der Waals surface area contributed by atoms with Crippen LogP contribution in [0.15, 0.2) is 21.4 Å². The van der Waals surface area contributed by atoms with Crippen LogP contribution in [0.4, 0.5) is 0 Å². The number of hydrogen-bond donors (Lipinski definition) is 1. The van der Waals surface area contributed by atoms with E-state index in [0.29, 0.717) is 11.7 Å². The molecule has 1 unspecified atom stereocenters. The Bertz CT molecular complexity index is 696. The van der Waals surface area contributed by atoms with Crippen LogP contribution >= 0.6 is 10.8 Å². The second kappa shape index (κ2) is 7.11. The molecule has 0 saturated heterocycles. The number of aromatic hydroxyl groups is 1. The van der Waals surface area contributed by atoms with Crippen molar-refractivity contribution in [2.75, 3.05) is 6.26 Å². The Labute approximate surface area is 160 Å². The summed E-state index contributed by atoms with van der Waals surface area (Å²) in [6.07, 6.45) is 3.26. The van der Waals surface area contributed by atoms with E-state index in [1.807, 2.05) is 10.8 Å². The number of allylic oxidation sites excluding steroid dienone is 1. The summed E-state index contributed by atoms with van der Waals surface area (Å²) < 4.78 is 4.96. The van der Waals surface area contributed by atoms with Gasteiger partial charge in [0.05, 0.1) is 5.70 Å². The van der Waals surface area contributed by atoms with Crippen molar-refractivity contribution in [3.8, 4) is 5.75 Å². The van der Waals surface area contributed by atoms with Crippen LogP contribution in [0.3, 0.4) is 0 Å². The summed E-state index contributed by atoms with van der Waals surface area (Å²) in [6.45, 7) is 17.5. The lowest BCUT2D eigenvalue weighted by molar-refractivity contribution is 0.423. The molecule has 1 heterocycles. The minimum atomic E-state index is -0.113. The molecule has 0 saturated carbocycles. The number of benzene rings is 1. The Balaban J connectivity index is 2.73. The molecular formula is C21H33NOS2. The van der Waals surface area contributed by atoms with Gasteiger partial charge in [-0.1, -0.05) is 55.4 Å². The third-order valence-corrected chi connectivity index (χ3v) is 7.09. The van der Waals surface area contributed by atoms with Crippen LogP contribution in [0.1, 0.15) is 78.5 Å². The molecule has 1 N–H and O–H groups in total. The van der Waals surface area contributed by atoms with Crippen molar-refractivity contribution in [1.29, 1.82) is 0 Å². The molecule has 0 aliphatic carbocycles. The molecule has 140 valence electrons. The predicted octanol–water partition coefficient (Wildman–Crippen LogP) is 6.80. The Kier molecular flexibility index (Phi) is 5.85. The molecule has 0 spiro atoms. The Morgan fingerprint density at radius 2 is 1.52 bits per heavy atom. The van der Waals surface area contributed by atoms with Crippen LogP contribution < -0.4 is 0 Å². The van der Waals surface area contributed by atoms with Gasteiger partial charge in [-0.15, -0.1) is 0 Å². The van der Waals surface area contributed by atoms with E-state index < -0.39 is 0 Å². The van der Waals surface area contributed by atoms with Gasteiger partial charge in [-0.2, -0.15) is 0 Å². The molecule has 2 nitrogen and oxygen atoms in total. The molecule has 1 aliphatic rings. The van der Waals surface area contributed by atoms with E-state index in [1.54, 1.807) is 0 Å². The summed E-state index contributed by atoms with van der Waals surface area (Å²) in [4.78, 5) is 1.39. The van der Waals surface area contributed by atoms with E-state index in [9.17, 15) is 5.11 Å². The standard InChI is InChI=1S/C21H33NOS2/c1-13(2)10-17-18(22-25(9)24-17)14-11-15(20(3,4)5)19(23)16(12-14)21(6,7)8/h11-13,23H,10H2,1-9H3. The largest absolute Gasteiger partial charge is 0.507 e. The summed E-state index contributed by atoms with van der Waals surface area (Å²) >= 11 is 0. The fourth-order valence-electron chi connectivity index (χ4n) is 3.01. The van der Waals surface area contributed by atoms with E-state index >= 15 is 0 Å². The van der Waals surface area contributed by atoms with Gasteiger partial charge < -0.3 is 5.11 Å². The average Bonchev–Trinajstić information content (AvgIpc) is 2.76. The van der Waals surface area contributed by atoms with Gasteiger partial charge in [-0.3, -0.25) is 0 Å². The van der Waals surface area contributed by atoms with E-state index in [1.165, 1.54) is 4.91 Å². The highest BCUT2D eigenvalue weighted by molar-refractivity contribution is 8.71. The zero-order valence-electron chi connectivity index (χ0n) is 17.2. The molecule has 0 radical (unpaired) electrons. The Hall–Kier alpha value is -0.740. The lowest BCUT2D eigenvalue weighted by atomic mass is 9.78. The highest BCUT2D eigenvalue weighted by atomic mass is 33.1. The van der Waals surface area contributed by atoms with Crippen LogP contribution in [0.5, 0.6) is 5.75 Å². The quantitative estimate of drug-likeness (QED) is 0.586. The normalized spacial score (nSPS) is 18.9. The Morgan fingerprint density at radius 3 is 1.92 bits per heavy atom. The van der Waals surface area contributed by atoms with Crippen molar-refractivity contribution in [3.63, 3.8) is 0 Å². The van der Waals surface area contributed by atoms with Crippen LogP contribution in [0.25, 0.3) is 5.70 Å². The lowest BCUT2D eigenvalue weighted by Gasteiger charge is -2.28. The van der Waals surface area contributed by atoms with E-state index in [4.69, 9.17) is 4.36 Å². The van der Waals surface area contributed by atoms with Gasteiger partial charge in [0, 0.05) is 27.9 Å². The van der Waals surface area contributed by atoms with Crippen molar-refractivity contribution in [3.05, 3.63) is 33.7 Å². The fraction of sp³-hybridized carbons (Fsp3) is 0.619. The predicted molar refractivity (Wildman–Crippen MR) is 115 cm³/mol. The number of rotatable bonds is 3. The lowest BCUT2D eigenvalue weighted by Crippen LogP contribution is -2.17. The molecular weight excluding hydrogens is 346 g/mol. The minimum Gasteiger partial charge on any atom is -0.507 e. The highest BCUT2D eigenvalue weighted by Gasteiger charge is 2.28. The van der Waals surface area contributed by atoms with Gasteiger partial charge in [0.2, 0.25) is 0 Å². The van der Waals surface area contributed by atoms with Crippen LogP contribution in [0.2, 0.25) is 0 Å². The van der Waals surface area contributed by atoms with Gasteiger partial charge in [-0.25, -0.2) is 4.36 Å². The van der Waals surface area contributed by atoms with E-state index in [-0.39, 0.29) is 20.6 Å². The number of hydrogen-bond acceptors (Lipinski definition) is 3. The number of phenols is 1. The van der Waals surface area contributed by atoms with Crippen molar-refractivity contribution in [2.45, 2.75) is 72.6 Å². The molecule has 0 fully saturated rings. The number of nitrogens with zero attached hydrogens (tertiary/aromatic N) is 1. The molecule has 0 aromatic heterocycles. The molecule has 1 aromatic carbocycles. The minimum absolute atomic E-state index is 0.00569. The zero-order chi connectivity index (χ0) is 19.2. The number of phenolic OH excluding ortho intramolecular Hbond substituents is 1. The van der Waals surface area contributed by atoms with Crippen molar-refractivity contribution in [2.24, 2.45) is 10.3 Å². The van der Waals surface area contributed by atoms with Crippen molar-refractivity contribution in [1.82, 2.24) is 0 Å². The van der Waals surface area contributed by atoms with Crippen LogP contribution in [0, 0.1) is 5.92 Å². The maximum atomic E-state index is 10.9. The van der Waals surface area contributed by atoms with E-state index in [2.05, 4.69) is 73.8 Å². The first kappa shape index (κ1) is 20.6. The van der Waals surface area contributed by atoms with Crippen LogP contribution in [-0.4, -0.2) is 11.4 Å². The summed E-state index contributed by atoms with van der Waals surface area (Å²) in [5, 5.41) is 10.9. The molecule has 4 heteroatoms. The zero-order valence-corrected chi connectivity index (χ0v) is 18.8. The fourth-order valence-corrected chi connectivity index (χ4v) is 6.17. The summed E-state index contributed by atoms with van der Waals surface area (Å²) in [5.74, 6) is 1.06. The average molecular weight is 380 g/mol. The van der Waals surface area contributed by atoms with Crippen molar-refractivity contribution >= 4 is 26.2 Å². The molecule has 25 heavy (non-hydrogen) atoms. The third kappa shape index (κ3) is 4.71. The molecule has 1 atom stereocenters. The second-order valence-corrected chi connectivity index (χ2v) is 13.0. The maximum Gasteiger partial charge on any atom is 0.123 e. The SMILES string of the molecule is CC(C)CC1=C(c2cc(C(C)(C)C)c(O)c(C(C)(C)C)c2)N=S(C)S1. The molecule has 1 aromatic rings. The molecule has 0 bridgehead atoms. The topological polar surface area (TPSA) is 32.6 Å². The third-order valence-electron chi connectivity index (χ3n) is 4.30. The van der Waals surface area contributed by atoms with E-state index in [0.717, 1.165) is 28.8 Å². The summed E-state index contributed by atoms with van der Waals surface area (Å²) in [7, 11) is 1.90. The van der Waals surface area contributed by atoms with Gasteiger partial charge in [0.15, 0.2) is 0 Å². The summed E-state index contributed by atoms with van der Waals surface area (Å²) in [6, 6.07) is 4.32. The van der Waals surface area contributed by atoms with Gasteiger partial charge >= 0.3 is 0 Å². The molecule has 0 amide bonds. The van der Waals surface area contributed by atoms with Crippen molar-refractivity contribution < 1.29 is 5.11 Å². The monoisotopic (exact) mass is 379 g/mol. The first-order valence-corrected chi connectivity index (χ1v) is 11.9. The molecule has 2 rings (SSSR count). The van der Waals surface area contributed by atoms with Gasteiger partial charge in [0.1, 0.15) is 5.75 Å². The van der Waals surface area contributed by atoms with Gasteiger partial charge in [0.25, 0.3) is 0 Å². The first-order chi connectivity index (χ1) is 11.3. The first-order valence-electron chi connectivity index (χ1n) is 8.98. The van der Waals surface area contributed by atoms with Crippen LogP contribution in [-0.2, 0) is 20.6 Å². The second-order valence-electron chi connectivity index (χ2n) is 9.39. The summed E-state index contributed by atoms with van der Waals surface area (Å²) in [5.41, 5.74) is 4.09. The smallest absolute Gasteiger partial charge is 0.123 e. The maximum absolute atomic E-state index is 10.9. The van der Waals surface area contributed by atoms with Gasteiger partial charge in [-0.05, 0) is 55.8 Å². The Morgan fingerprint density at radius 1 is 1.04 bits per heavy atom.